The van der Waals surface area contributed by atoms with Crippen LogP contribution < -0.4 is 14.8 Å². The number of nitrogens with zero attached hydrogens (tertiary/aromatic N) is 3. The van der Waals surface area contributed by atoms with Crippen LogP contribution in [0.4, 0.5) is 4.39 Å². The molecule has 132 valence electrons. The third-order valence-electron chi connectivity index (χ3n) is 3.41. The van der Waals surface area contributed by atoms with Gasteiger partial charge in [0.1, 0.15) is 0 Å². The van der Waals surface area contributed by atoms with Crippen molar-refractivity contribution in [2.24, 2.45) is 0 Å². The Morgan fingerprint density at radius 1 is 1.12 bits per heavy atom. The molecular weight excluding hydrogens is 339 g/mol. The second kappa shape index (κ2) is 8.02. The highest BCUT2D eigenvalue weighted by molar-refractivity contribution is 5.93. The third kappa shape index (κ3) is 4.10. The van der Waals surface area contributed by atoms with E-state index in [0.717, 1.165) is 0 Å². The zero-order valence-corrected chi connectivity index (χ0v) is 13.8. The number of amides is 1. The molecule has 0 saturated heterocycles. The maximum absolute atomic E-state index is 13.8. The molecule has 8 heteroatoms. The van der Waals surface area contributed by atoms with E-state index in [4.69, 9.17) is 9.47 Å². The van der Waals surface area contributed by atoms with Crippen molar-refractivity contribution >= 4 is 5.91 Å². The number of hydrogen-bond donors (Lipinski definition) is 1. The minimum Gasteiger partial charge on any atom is -0.467 e. The van der Waals surface area contributed by atoms with E-state index in [9.17, 15) is 9.18 Å². The predicted molar refractivity (Wildman–Crippen MR) is 90.5 cm³/mol. The Balaban J connectivity index is 1.70. The smallest absolute Gasteiger partial charge is 0.316 e. The topological polar surface area (TPSA) is 86.2 Å². The van der Waals surface area contributed by atoms with Gasteiger partial charge in [0.25, 0.3) is 5.91 Å². The number of ether oxygens (including phenoxy) is 2. The van der Waals surface area contributed by atoms with Crippen LogP contribution in [0.3, 0.4) is 0 Å². The summed E-state index contributed by atoms with van der Waals surface area (Å²) in [6, 6.07) is 9.63. The number of nitrogens with one attached hydrogen (secondary N) is 1. The van der Waals surface area contributed by atoms with E-state index in [2.05, 4.69) is 20.3 Å². The fourth-order valence-corrected chi connectivity index (χ4v) is 2.10. The van der Waals surface area contributed by atoms with Gasteiger partial charge in [-0.15, -0.1) is 0 Å². The number of pyridine rings is 1. The summed E-state index contributed by atoms with van der Waals surface area (Å²) >= 11 is 0. The molecule has 0 radical (unpaired) electrons. The average molecular weight is 354 g/mol. The van der Waals surface area contributed by atoms with Gasteiger partial charge >= 0.3 is 6.01 Å². The standard InChI is InChI=1S/C18H15FN4O3/c1-25-18-22-10-13(11-23-18)16(24)21-9-12-5-4-8-20-17(12)26-15-7-3-2-6-14(15)19/h2-8,10-11H,9H2,1H3,(H,21,24). The summed E-state index contributed by atoms with van der Waals surface area (Å²) in [5.74, 6) is -0.594. The van der Waals surface area contributed by atoms with E-state index in [1.807, 2.05) is 0 Å². The number of carbonyl (C=O) groups is 1. The molecule has 1 N–H and O–H groups in total. The lowest BCUT2D eigenvalue weighted by Gasteiger charge is -2.11. The van der Waals surface area contributed by atoms with Gasteiger partial charge in [0.2, 0.25) is 5.88 Å². The Hall–Kier alpha value is -3.55. The maximum Gasteiger partial charge on any atom is 0.316 e. The van der Waals surface area contributed by atoms with Crippen molar-refractivity contribution in [3.63, 3.8) is 0 Å². The van der Waals surface area contributed by atoms with Gasteiger partial charge in [-0.2, -0.15) is 0 Å². The SMILES string of the molecule is COc1ncc(C(=O)NCc2cccnc2Oc2ccccc2F)cn1. The number of para-hydroxylation sites is 1. The molecule has 26 heavy (non-hydrogen) atoms. The summed E-state index contributed by atoms with van der Waals surface area (Å²) in [7, 11) is 1.44. The highest BCUT2D eigenvalue weighted by Crippen LogP contribution is 2.25. The van der Waals surface area contributed by atoms with E-state index in [-0.39, 0.29) is 35.7 Å². The highest BCUT2D eigenvalue weighted by atomic mass is 19.1. The van der Waals surface area contributed by atoms with Crippen LogP contribution in [0, 0.1) is 5.82 Å². The number of carbonyl (C=O) groups excluding carboxylic acids is 1. The molecule has 0 fully saturated rings. The molecule has 0 aliphatic rings. The van der Waals surface area contributed by atoms with Crippen LogP contribution in [0.2, 0.25) is 0 Å². The van der Waals surface area contributed by atoms with Gasteiger partial charge < -0.3 is 14.8 Å². The molecule has 7 nitrogen and oxygen atoms in total. The molecule has 3 rings (SSSR count). The van der Waals surface area contributed by atoms with Crippen LogP contribution in [0.1, 0.15) is 15.9 Å². The van der Waals surface area contributed by atoms with Crippen LogP contribution in [0.15, 0.2) is 55.0 Å². The molecule has 0 aliphatic carbocycles. The summed E-state index contributed by atoms with van der Waals surface area (Å²) in [5.41, 5.74) is 0.879. The van der Waals surface area contributed by atoms with Crippen molar-refractivity contribution in [2.45, 2.75) is 6.54 Å². The number of benzene rings is 1. The van der Waals surface area contributed by atoms with E-state index in [0.29, 0.717) is 5.56 Å². The molecule has 1 amide bonds. The van der Waals surface area contributed by atoms with Gasteiger partial charge in [0, 0.05) is 30.7 Å². The Labute approximate surface area is 148 Å². The highest BCUT2D eigenvalue weighted by Gasteiger charge is 2.12. The number of halogens is 1. The first-order valence-corrected chi connectivity index (χ1v) is 7.68. The Morgan fingerprint density at radius 3 is 2.62 bits per heavy atom. The summed E-state index contributed by atoms with van der Waals surface area (Å²) in [6.07, 6.45) is 4.25. The molecule has 0 unspecified atom stereocenters. The summed E-state index contributed by atoms with van der Waals surface area (Å²) in [4.78, 5) is 24.1. The average Bonchev–Trinajstić information content (AvgIpc) is 2.69. The second-order valence-electron chi connectivity index (χ2n) is 5.14. The van der Waals surface area contributed by atoms with Crippen molar-refractivity contribution in [3.05, 3.63) is 71.9 Å². The van der Waals surface area contributed by atoms with Gasteiger partial charge in [0.05, 0.1) is 12.7 Å². The van der Waals surface area contributed by atoms with Crippen LogP contribution in [0.5, 0.6) is 17.6 Å². The van der Waals surface area contributed by atoms with Gasteiger partial charge in [-0.25, -0.2) is 19.3 Å². The van der Waals surface area contributed by atoms with Crippen molar-refractivity contribution in [3.8, 4) is 17.6 Å². The van der Waals surface area contributed by atoms with Crippen molar-refractivity contribution < 1.29 is 18.7 Å². The predicted octanol–water partition coefficient (Wildman–Crippen LogP) is 2.74. The number of rotatable bonds is 6. The van der Waals surface area contributed by atoms with Gasteiger partial charge in [-0.3, -0.25) is 4.79 Å². The zero-order valence-electron chi connectivity index (χ0n) is 13.8. The largest absolute Gasteiger partial charge is 0.467 e. The first-order valence-electron chi connectivity index (χ1n) is 7.68. The molecular formula is C18H15FN4O3. The Bertz CT molecular complexity index is 903. The van der Waals surface area contributed by atoms with Crippen molar-refractivity contribution in [1.29, 1.82) is 0 Å². The molecule has 3 aromatic rings. The number of methoxy groups -OCH3 is 1. The summed E-state index contributed by atoms with van der Waals surface area (Å²) < 4.78 is 24.1. The summed E-state index contributed by atoms with van der Waals surface area (Å²) in [6.45, 7) is 0.141. The molecule has 1 aromatic carbocycles. The van der Waals surface area contributed by atoms with Gasteiger partial charge in [-0.05, 0) is 18.2 Å². The van der Waals surface area contributed by atoms with Crippen molar-refractivity contribution in [1.82, 2.24) is 20.3 Å². The molecule has 0 bridgehead atoms. The molecule has 0 atom stereocenters. The quantitative estimate of drug-likeness (QED) is 0.732. The number of hydrogen-bond acceptors (Lipinski definition) is 6. The molecule has 0 aliphatic heterocycles. The normalized spacial score (nSPS) is 10.2. The van der Waals surface area contributed by atoms with E-state index in [1.54, 1.807) is 24.3 Å². The molecule has 2 heterocycles. The minimum atomic E-state index is -0.497. The zero-order chi connectivity index (χ0) is 18.4. The molecule has 0 saturated carbocycles. The summed E-state index contributed by atoms with van der Waals surface area (Å²) in [5, 5.41) is 2.72. The molecule has 2 aromatic heterocycles. The Kier molecular flexibility index (Phi) is 5.33. The minimum absolute atomic E-state index is 0.0577. The first-order chi connectivity index (χ1) is 12.7. The monoisotopic (exact) mass is 354 g/mol. The lowest BCUT2D eigenvalue weighted by Crippen LogP contribution is -2.23. The van der Waals surface area contributed by atoms with E-state index >= 15 is 0 Å². The van der Waals surface area contributed by atoms with Crippen molar-refractivity contribution in [2.75, 3.05) is 7.11 Å². The molecule has 0 spiro atoms. The fraction of sp³-hybridized carbons (Fsp3) is 0.111. The lowest BCUT2D eigenvalue weighted by atomic mass is 10.2. The fourth-order valence-electron chi connectivity index (χ4n) is 2.10. The maximum atomic E-state index is 13.8. The lowest BCUT2D eigenvalue weighted by molar-refractivity contribution is 0.0950. The second-order valence-corrected chi connectivity index (χ2v) is 5.14. The van der Waals surface area contributed by atoms with Crippen LogP contribution >= 0.6 is 0 Å². The van der Waals surface area contributed by atoms with Gasteiger partial charge in [0.15, 0.2) is 11.6 Å². The van der Waals surface area contributed by atoms with Crippen LogP contribution in [-0.2, 0) is 6.54 Å². The van der Waals surface area contributed by atoms with Crippen LogP contribution in [-0.4, -0.2) is 28.0 Å². The Morgan fingerprint density at radius 2 is 1.88 bits per heavy atom. The number of aromatic nitrogens is 3. The van der Waals surface area contributed by atoms with Gasteiger partial charge in [-0.1, -0.05) is 18.2 Å². The third-order valence-corrected chi connectivity index (χ3v) is 3.41. The van der Waals surface area contributed by atoms with E-state index in [1.165, 1.54) is 37.8 Å². The van der Waals surface area contributed by atoms with E-state index < -0.39 is 5.82 Å². The first kappa shape index (κ1) is 17.3. The van der Waals surface area contributed by atoms with Crippen LogP contribution in [0.25, 0.3) is 0 Å².